The van der Waals surface area contributed by atoms with Crippen LogP contribution in [0.3, 0.4) is 0 Å². The van der Waals surface area contributed by atoms with E-state index in [1.807, 2.05) is 0 Å². The Labute approximate surface area is 123 Å². The van der Waals surface area contributed by atoms with Crippen molar-refractivity contribution < 1.29 is 22.9 Å². The van der Waals surface area contributed by atoms with E-state index >= 15 is 0 Å². The summed E-state index contributed by atoms with van der Waals surface area (Å²) in [4.78, 5) is 21.1. The molecule has 2 rings (SSSR count). The predicted octanol–water partition coefficient (Wildman–Crippen LogP) is -0.483. The van der Waals surface area contributed by atoms with Gasteiger partial charge in [0.15, 0.2) is 5.75 Å². The fraction of sp³-hybridized carbons (Fsp3) is 0.200. The zero-order valence-corrected chi connectivity index (χ0v) is 11.9. The maximum Gasteiger partial charge on any atom is 0.321 e. The van der Waals surface area contributed by atoms with Crippen LogP contribution < -0.4 is 0 Å². The summed E-state index contributed by atoms with van der Waals surface area (Å²) in [5.41, 5.74) is 0.0230. The SMILES string of the molecule is COC(=O)CS(=O)(=O)c1nnnn1-c1ccc([N+](=O)[O-])cc1. The first-order valence-electron chi connectivity index (χ1n) is 5.68. The maximum atomic E-state index is 12.1. The lowest BCUT2D eigenvalue weighted by molar-refractivity contribution is -0.384. The molecule has 0 fully saturated rings. The summed E-state index contributed by atoms with van der Waals surface area (Å²) < 4.78 is 29.3. The number of carbonyl (C=O) groups is 1. The van der Waals surface area contributed by atoms with E-state index in [2.05, 4.69) is 20.3 Å². The number of rotatable bonds is 5. The van der Waals surface area contributed by atoms with Gasteiger partial charge in [0.25, 0.3) is 10.8 Å². The highest BCUT2D eigenvalue weighted by Crippen LogP contribution is 2.17. The van der Waals surface area contributed by atoms with Gasteiger partial charge in [-0.05, 0) is 22.6 Å². The highest BCUT2D eigenvalue weighted by Gasteiger charge is 2.27. The number of sulfone groups is 1. The Morgan fingerprint density at radius 2 is 2.00 bits per heavy atom. The van der Waals surface area contributed by atoms with Crippen LogP contribution in [0.4, 0.5) is 5.69 Å². The molecule has 2 aromatic rings. The molecule has 22 heavy (non-hydrogen) atoms. The fourth-order valence-electron chi connectivity index (χ4n) is 1.53. The number of nitro benzene ring substituents is 1. The Hall–Kier alpha value is -2.89. The van der Waals surface area contributed by atoms with Crippen LogP contribution in [0.25, 0.3) is 5.69 Å². The second-order valence-electron chi connectivity index (χ2n) is 3.98. The summed E-state index contributed by atoms with van der Waals surface area (Å²) in [6.45, 7) is 0. The smallest absolute Gasteiger partial charge is 0.321 e. The average molecular weight is 327 g/mol. The Balaban J connectivity index is 2.41. The van der Waals surface area contributed by atoms with Gasteiger partial charge < -0.3 is 4.74 Å². The number of non-ortho nitro benzene ring substituents is 1. The first-order chi connectivity index (χ1) is 10.3. The fourth-order valence-corrected chi connectivity index (χ4v) is 2.65. The quantitative estimate of drug-likeness (QED) is 0.403. The number of carbonyl (C=O) groups excluding carboxylic acids is 1. The highest BCUT2D eigenvalue weighted by molar-refractivity contribution is 7.91. The van der Waals surface area contributed by atoms with Crippen LogP contribution in [0.2, 0.25) is 0 Å². The zero-order valence-electron chi connectivity index (χ0n) is 11.1. The number of ether oxygens (including phenoxy) is 1. The van der Waals surface area contributed by atoms with Crippen LogP contribution in [0.1, 0.15) is 0 Å². The van der Waals surface area contributed by atoms with E-state index in [0.29, 0.717) is 0 Å². The highest BCUT2D eigenvalue weighted by atomic mass is 32.2. The van der Waals surface area contributed by atoms with Crippen molar-refractivity contribution in [2.75, 3.05) is 12.9 Å². The Morgan fingerprint density at radius 1 is 1.36 bits per heavy atom. The van der Waals surface area contributed by atoms with E-state index in [9.17, 15) is 23.3 Å². The Morgan fingerprint density at radius 3 is 2.55 bits per heavy atom. The van der Waals surface area contributed by atoms with E-state index in [4.69, 9.17) is 0 Å². The molecular weight excluding hydrogens is 318 g/mol. The molecule has 1 aromatic heterocycles. The minimum absolute atomic E-state index is 0.171. The molecule has 0 aliphatic rings. The monoisotopic (exact) mass is 327 g/mol. The van der Waals surface area contributed by atoms with Crippen LogP contribution in [0, 0.1) is 10.1 Å². The van der Waals surface area contributed by atoms with Gasteiger partial charge in [0.1, 0.15) is 0 Å². The number of nitro groups is 1. The molecule has 0 aliphatic carbocycles. The van der Waals surface area contributed by atoms with Crippen LogP contribution in [0.15, 0.2) is 29.4 Å². The topological polar surface area (TPSA) is 147 Å². The molecule has 0 saturated heterocycles. The normalized spacial score (nSPS) is 11.1. The van der Waals surface area contributed by atoms with E-state index in [0.717, 1.165) is 11.8 Å². The molecule has 11 nitrogen and oxygen atoms in total. The molecule has 0 aliphatic heterocycles. The third kappa shape index (κ3) is 3.06. The predicted molar refractivity (Wildman–Crippen MR) is 69.9 cm³/mol. The van der Waals surface area contributed by atoms with Crippen LogP contribution in [-0.2, 0) is 19.4 Å². The van der Waals surface area contributed by atoms with Crippen molar-refractivity contribution in [3.63, 3.8) is 0 Å². The molecule has 12 heteroatoms. The molecule has 1 heterocycles. The van der Waals surface area contributed by atoms with E-state index in [-0.39, 0.29) is 11.4 Å². The molecule has 0 unspecified atom stereocenters. The average Bonchev–Trinajstić information content (AvgIpc) is 2.97. The van der Waals surface area contributed by atoms with Gasteiger partial charge in [0.05, 0.1) is 17.7 Å². The number of aromatic nitrogens is 4. The summed E-state index contributed by atoms with van der Waals surface area (Å²) in [6, 6.07) is 4.92. The van der Waals surface area contributed by atoms with Gasteiger partial charge in [0, 0.05) is 12.1 Å². The minimum atomic E-state index is -4.12. The van der Waals surface area contributed by atoms with E-state index < -0.39 is 31.6 Å². The van der Waals surface area contributed by atoms with Gasteiger partial charge in [0.2, 0.25) is 9.84 Å². The molecule has 1 aromatic carbocycles. The number of hydrogen-bond acceptors (Lipinski definition) is 9. The Bertz CT molecular complexity index is 813. The van der Waals surface area contributed by atoms with Gasteiger partial charge in [-0.15, -0.1) is 0 Å². The molecule has 0 bridgehead atoms. The second-order valence-corrected chi connectivity index (χ2v) is 5.87. The molecule has 0 atom stereocenters. The lowest BCUT2D eigenvalue weighted by Gasteiger charge is -2.04. The largest absolute Gasteiger partial charge is 0.468 e. The van der Waals surface area contributed by atoms with Gasteiger partial charge in [-0.1, -0.05) is 5.10 Å². The molecule has 0 amide bonds. The van der Waals surface area contributed by atoms with Crippen LogP contribution in [-0.4, -0.2) is 52.4 Å². The van der Waals surface area contributed by atoms with E-state index in [1.54, 1.807) is 0 Å². The van der Waals surface area contributed by atoms with Crippen molar-refractivity contribution in [1.29, 1.82) is 0 Å². The molecule has 0 saturated carbocycles. The lowest BCUT2D eigenvalue weighted by atomic mass is 10.3. The molecular formula is C10H9N5O6S. The number of hydrogen-bond donors (Lipinski definition) is 0. The van der Waals surface area contributed by atoms with Gasteiger partial charge in [-0.25, -0.2) is 8.42 Å². The van der Waals surface area contributed by atoms with Gasteiger partial charge >= 0.3 is 5.97 Å². The summed E-state index contributed by atoms with van der Waals surface area (Å²) in [5.74, 6) is -1.88. The molecule has 116 valence electrons. The van der Waals surface area contributed by atoms with Crippen molar-refractivity contribution in [2.24, 2.45) is 0 Å². The van der Waals surface area contributed by atoms with Crippen molar-refractivity contribution >= 4 is 21.5 Å². The Kier molecular flexibility index (Phi) is 4.12. The lowest BCUT2D eigenvalue weighted by Crippen LogP contribution is -2.21. The number of esters is 1. The second kappa shape index (κ2) is 5.85. The van der Waals surface area contributed by atoms with Gasteiger partial charge in [-0.2, -0.15) is 4.68 Å². The van der Waals surface area contributed by atoms with Crippen molar-refractivity contribution in [3.05, 3.63) is 34.4 Å². The third-order valence-corrected chi connectivity index (χ3v) is 3.99. The van der Waals surface area contributed by atoms with Gasteiger partial charge in [-0.3, -0.25) is 14.9 Å². The van der Waals surface area contributed by atoms with Crippen LogP contribution >= 0.6 is 0 Å². The number of tetrazole rings is 1. The number of methoxy groups -OCH3 is 1. The standard InChI is InChI=1S/C10H9N5O6S/c1-21-9(16)6-22(19,20)10-11-12-13-14(10)7-2-4-8(5-3-7)15(17)18/h2-5H,6H2,1H3. The summed E-state index contributed by atoms with van der Waals surface area (Å²) in [6.07, 6.45) is 0. The first kappa shape index (κ1) is 15.5. The van der Waals surface area contributed by atoms with Crippen molar-refractivity contribution in [3.8, 4) is 5.69 Å². The summed E-state index contributed by atoms with van der Waals surface area (Å²) >= 11 is 0. The zero-order chi connectivity index (χ0) is 16.3. The number of benzene rings is 1. The van der Waals surface area contributed by atoms with Crippen molar-refractivity contribution in [1.82, 2.24) is 20.2 Å². The third-order valence-electron chi connectivity index (χ3n) is 2.56. The van der Waals surface area contributed by atoms with E-state index in [1.165, 1.54) is 24.3 Å². The summed E-state index contributed by atoms with van der Waals surface area (Å²) in [7, 11) is -3.06. The molecule has 0 spiro atoms. The molecule has 0 N–H and O–H groups in total. The maximum absolute atomic E-state index is 12.1. The van der Waals surface area contributed by atoms with Crippen LogP contribution in [0.5, 0.6) is 0 Å². The molecule has 0 radical (unpaired) electrons. The minimum Gasteiger partial charge on any atom is -0.468 e. The van der Waals surface area contributed by atoms with Crippen molar-refractivity contribution in [2.45, 2.75) is 5.16 Å². The summed E-state index contributed by atoms with van der Waals surface area (Å²) in [5, 5.41) is 20.2. The first-order valence-corrected chi connectivity index (χ1v) is 7.33. The number of nitrogens with zero attached hydrogens (tertiary/aromatic N) is 5.